The second kappa shape index (κ2) is 9.26. The fraction of sp³-hybridized carbons (Fsp3) is 0.320. The van der Waals surface area contributed by atoms with E-state index in [0.29, 0.717) is 16.8 Å². The lowest BCUT2D eigenvalue weighted by atomic mass is 9.92. The predicted octanol–water partition coefficient (Wildman–Crippen LogP) is 4.05. The van der Waals surface area contributed by atoms with Crippen molar-refractivity contribution in [3.63, 3.8) is 0 Å². The third-order valence-electron chi connectivity index (χ3n) is 5.39. The van der Waals surface area contributed by atoms with Crippen LogP contribution in [0, 0.1) is 5.92 Å². The Kier molecular flexibility index (Phi) is 6.67. The lowest BCUT2D eigenvalue weighted by Crippen LogP contribution is -2.31. The third-order valence-corrected chi connectivity index (χ3v) is 5.39. The lowest BCUT2D eigenvalue weighted by Gasteiger charge is -2.27. The van der Waals surface area contributed by atoms with E-state index in [9.17, 15) is 19.5 Å². The molecule has 0 saturated heterocycles. The summed E-state index contributed by atoms with van der Waals surface area (Å²) in [7, 11) is 5.14. The minimum atomic E-state index is -0.770. The summed E-state index contributed by atoms with van der Waals surface area (Å²) >= 11 is 0. The molecule has 1 amide bonds. The highest BCUT2D eigenvalue weighted by atomic mass is 16.5. The van der Waals surface area contributed by atoms with Gasteiger partial charge in [0.15, 0.2) is 11.5 Å². The number of esters is 1. The van der Waals surface area contributed by atoms with Crippen LogP contribution < -0.4 is 9.80 Å². The molecule has 1 unspecified atom stereocenters. The maximum Gasteiger partial charge on any atom is 0.337 e. The van der Waals surface area contributed by atoms with Gasteiger partial charge in [0.25, 0.3) is 5.91 Å². The van der Waals surface area contributed by atoms with Crippen molar-refractivity contribution in [3.05, 3.63) is 71.0 Å². The van der Waals surface area contributed by atoms with Crippen molar-refractivity contribution in [1.29, 1.82) is 0 Å². The molecule has 1 heterocycles. The molecule has 1 N–H and O–H groups in total. The van der Waals surface area contributed by atoms with Crippen molar-refractivity contribution in [1.82, 2.24) is 0 Å². The van der Waals surface area contributed by atoms with Gasteiger partial charge in [-0.25, -0.2) is 4.79 Å². The van der Waals surface area contributed by atoms with E-state index in [1.165, 1.54) is 12.0 Å². The quantitative estimate of drug-likeness (QED) is 0.659. The Morgan fingerprint density at radius 2 is 1.66 bits per heavy atom. The van der Waals surface area contributed by atoms with Gasteiger partial charge in [0.2, 0.25) is 0 Å². The number of ether oxygens (including phenoxy) is 1. The molecule has 7 nitrogen and oxygen atoms in total. The van der Waals surface area contributed by atoms with Gasteiger partial charge in [0, 0.05) is 31.9 Å². The van der Waals surface area contributed by atoms with E-state index in [2.05, 4.69) is 0 Å². The molecule has 3 rings (SSSR count). The molecule has 0 radical (unpaired) electrons. The smallest absolute Gasteiger partial charge is 0.337 e. The normalized spacial score (nSPS) is 16.0. The minimum absolute atomic E-state index is 0.0723. The van der Waals surface area contributed by atoms with Crippen molar-refractivity contribution < 1.29 is 24.2 Å². The fourth-order valence-corrected chi connectivity index (χ4v) is 3.78. The van der Waals surface area contributed by atoms with Crippen molar-refractivity contribution in [2.75, 3.05) is 31.0 Å². The van der Waals surface area contributed by atoms with Gasteiger partial charge in [0.05, 0.1) is 24.3 Å². The Morgan fingerprint density at radius 3 is 2.16 bits per heavy atom. The first-order chi connectivity index (χ1) is 15.1. The summed E-state index contributed by atoms with van der Waals surface area (Å²) in [5.74, 6) is -1.86. The SMILES string of the molecule is COC(=O)c1ccc(N2C(=O)C(O)=C(C(=O)CC(C)C)C2c2ccc(N(C)C)cc2)cc1. The number of carbonyl (C=O) groups is 3. The number of hydrogen-bond acceptors (Lipinski definition) is 6. The topological polar surface area (TPSA) is 87.1 Å². The van der Waals surface area contributed by atoms with Crippen LogP contribution in [0.2, 0.25) is 0 Å². The molecule has 1 atom stereocenters. The van der Waals surface area contributed by atoms with Crippen molar-refractivity contribution >= 4 is 29.0 Å². The van der Waals surface area contributed by atoms with Gasteiger partial charge in [0.1, 0.15) is 0 Å². The molecule has 0 fully saturated rings. The molecule has 32 heavy (non-hydrogen) atoms. The van der Waals surface area contributed by atoms with E-state index in [4.69, 9.17) is 4.74 Å². The molecule has 1 aliphatic heterocycles. The second-order valence-electron chi connectivity index (χ2n) is 8.39. The number of rotatable bonds is 7. The van der Waals surface area contributed by atoms with Crippen LogP contribution in [0.5, 0.6) is 0 Å². The van der Waals surface area contributed by atoms with E-state index in [1.54, 1.807) is 24.3 Å². The van der Waals surface area contributed by atoms with Crippen molar-refractivity contribution in [2.45, 2.75) is 26.3 Å². The molecule has 0 aliphatic carbocycles. The van der Waals surface area contributed by atoms with E-state index in [0.717, 1.165) is 5.69 Å². The highest BCUT2D eigenvalue weighted by Crippen LogP contribution is 2.42. The molecule has 0 saturated carbocycles. The standard InChI is InChI=1S/C25H28N2O5/c1-15(2)14-20(28)21-22(16-6-10-18(11-7-16)26(3)4)27(24(30)23(21)29)19-12-8-17(9-13-19)25(31)32-5/h6-13,15,22,29H,14H2,1-5H3. The zero-order valence-electron chi connectivity index (χ0n) is 19.0. The first-order valence-corrected chi connectivity index (χ1v) is 10.4. The van der Waals surface area contributed by atoms with Gasteiger partial charge in [-0.3, -0.25) is 14.5 Å². The summed E-state index contributed by atoms with van der Waals surface area (Å²) in [6.07, 6.45) is 0.216. The molecule has 0 spiro atoms. The Bertz CT molecular complexity index is 1050. The summed E-state index contributed by atoms with van der Waals surface area (Å²) in [6.45, 7) is 3.83. The van der Waals surface area contributed by atoms with Crippen LogP contribution in [0.4, 0.5) is 11.4 Å². The van der Waals surface area contributed by atoms with Gasteiger partial charge >= 0.3 is 5.97 Å². The summed E-state index contributed by atoms with van der Waals surface area (Å²) in [5, 5.41) is 10.7. The van der Waals surface area contributed by atoms with Gasteiger partial charge in [-0.05, 0) is 47.9 Å². The number of ketones is 1. The third kappa shape index (κ3) is 4.37. The zero-order chi connectivity index (χ0) is 23.6. The molecule has 0 bridgehead atoms. The Balaban J connectivity index is 2.10. The van der Waals surface area contributed by atoms with Crippen molar-refractivity contribution in [3.8, 4) is 0 Å². The first kappa shape index (κ1) is 23.1. The van der Waals surface area contributed by atoms with Gasteiger partial charge < -0.3 is 14.7 Å². The summed E-state index contributed by atoms with van der Waals surface area (Å²) in [5.41, 5.74) is 2.57. The molecule has 168 valence electrons. The number of nitrogens with zero attached hydrogens (tertiary/aromatic N) is 2. The fourth-order valence-electron chi connectivity index (χ4n) is 3.78. The summed E-state index contributed by atoms with van der Waals surface area (Å²) in [4.78, 5) is 41.3. The zero-order valence-corrected chi connectivity index (χ0v) is 19.0. The van der Waals surface area contributed by atoms with Gasteiger partial charge in [-0.2, -0.15) is 0 Å². The lowest BCUT2D eigenvalue weighted by molar-refractivity contribution is -0.118. The van der Waals surface area contributed by atoms with E-state index in [-0.39, 0.29) is 23.7 Å². The van der Waals surface area contributed by atoms with E-state index < -0.39 is 23.7 Å². The largest absolute Gasteiger partial charge is 0.503 e. The van der Waals surface area contributed by atoms with Crippen LogP contribution in [0.25, 0.3) is 0 Å². The number of Topliss-reactive ketones (excluding diaryl/α,β-unsaturated/α-hetero) is 1. The number of aliphatic hydroxyl groups is 1. The van der Waals surface area contributed by atoms with Crippen LogP contribution in [0.3, 0.4) is 0 Å². The number of benzene rings is 2. The van der Waals surface area contributed by atoms with Crippen LogP contribution in [0.15, 0.2) is 59.9 Å². The minimum Gasteiger partial charge on any atom is -0.503 e. The number of anilines is 2. The summed E-state index contributed by atoms with van der Waals surface area (Å²) in [6, 6.07) is 13.0. The molecule has 0 aromatic heterocycles. The second-order valence-corrected chi connectivity index (χ2v) is 8.39. The average molecular weight is 437 g/mol. The number of hydrogen-bond donors (Lipinski definition) is 1. The molecule has 7 heteroatoms. The average Bonchev–Trinajstić information content (AvgIpc) is 3.03. The number of amides is 1. The van der Waals surface area contributed by atoms with Crippen LogP contribution in [-0.4, -0.2) is 44.0 Å². The monoisotopic (exact) mass is 436 g/mol. The van der Waals surface area contributed by atoms with E-state index >= 15 is 0 Å². The van der Waals surface area contributed by atoms with Crippen LogP contribution in [0.1, 0.15) is 42.2 Å². The maximum atomic E-state index is 13.1. The first-order valence-electron chi connectivity index (χ1n) is 10.4. The molecule has 2 aromatic carbocycles. The number of methoxy groups -OCH3 is 1. The van der Waals surface area contributed by atoms with Crippen LogP contribution >= 0.6 is 0 Å². The maximum absolute atomic E-state index is 13.1. The molecular formula is C25H28N2O5. The Hall–Kier alpha value is -3.61. The van der Waals surface area contributed by atoms with Crippen molar-refractivity contribution in [2.24, 2.45) is 5.92 Å². The van der Waals surface area contributed by atoms with Gasteiger partial charge in [-0.1, -0.05) is 26.0 Å². The molecule has 2 aromatic rings. The molecular weight excluding hydrogens is 408 g/mol. The highest BCUT2D eigenvalue weighted by molar-refractivity contribution is 6.16. The summed E-state index contributed by atoms with van der Waals surface area (Å²) < 4.78 is 4.73. The number of carbonyl (C=O) groups excluding carboxylic acids is 3. The van der Waals surface area contributed by atoms with E-state index in [1.807, 2.05) is 57.1 Å². The molecule has 1 aliphatic rings. The Labute approximate surface area is 187 Å². The Morgan fingerprint density at radius 1 is 1.06 bits per heavy atom. The predicted molar refractivity (Wildman–Crippen MR) is 123 cm³/mol. The number of aliphatic hydroxyl groups excluding tert-OH is 1. The van der Waals surface area contributed by atoms with Crippen LogP contribution in [-0.2, 0) is 14.3 Å². The van der Waals surface area contributed by atoms with Gasteiger partial charge in [-0.15, -0.1) is 0 Å². The highest BCUT2D eigenvalue weighted by Gasteiger charge is 2.44.